The zero-order valence-corrected chi connectivity index (χ0v) is 22.7. The lowest BCUT2D eigenvalue weighted by molar-refractivity contribution is -0.159. The zero-order valence-electron chi connectivity index (χ0n) is 21.9. The van der Waals surface area contributed by atoms with Gasteiger partial charge in [0.05, 0.1) is 28.8 Å². The van der Waals surface area contributed by atoms with Gasteiger partial charge in [0.25, 0.3) is 5.91 Å². The zero-order chi connectivity index (χ0) is 27.1. The highest BCUT2D eigenvalue weighted by molar-refractivity contribution is 6.34. The Balaban J connectivity index is 1.59. The van der Waals surface area contributed by atoms with Crippen LogP contribution >= 0.6 is 11.6 Å². The van der Waals surface area contributed by atoms with E-state index in [9.17, 15) is 14.4 Å². The van der Waals surface area contributed by atoms with Crippen LogP contribution in [-0.2, 0) is 23.9 Å². The van der Waals surface area contributed by atoms with Crippen LogP contribution in [0.25, 0.3) is 0 Å². The monoisotopic (exact) mass is 542 g/mol. The number of hydrogen-bond acceptors (Lipinski definition) is 6. The minimum absolute atomic E-state index is 0.121. The number of amides is 2. The molecule has 0 aromatic heterocycles. The highest BCUT2D eigenvalue weighted by Crippen LogP contribution is 2.57. The van der Waals surface area contributed by atoms with E-state index >= 15 is 0 Å². The Labute approximate surface area is 228 Å². The van der Waals surface area contributed by atoms with Crippen molar-refractivity contribution in [2.24, 2.45) is 11.8 Å². The van der Waals surface area contributed by atoms with Crippen molar-refractivity contribution >= 4 is 35.1 Å². The molecule has 1 N–H and O–H groups in total. The van der Waals surface area contributed by atoms with Gasteiger partial charge >= 0.3 is 5.97 Å². The largest absolute Gasteiger partial charge is 0.465 e. The molecule has 1 aromatic rings. The summed E-state index contributed by atoms with van der Waals surface area (Å²) in [5.41, 5.74) is -0.965. The lowest BCUT2D eigenvalue weighted by Gasteiger charge is -2.38. The molecule has 0 bridgehead atoms. The van der Waals surface area contributed by atoms with Gasteiger partial charge in [0, 0.05) is 19.7 Å². The summed E-state index contributed by atoms with van der Waals surface area (Å²) in [5.74, 6) is -2.79. The van der Waals surface area contributed by atoms with Crippen molar-refractivity contribution in [1.82, 2.24) is 4.90 Å². The number of benzene rings is 1. The number of carbonyl (C=O) groups is 3. The number of para-hydroxylation sites is 1. The Bertz CT molecular complexity index is 1160. The molecule has 1 aromatic carbocycles. The molecule has 4 aliphatic heterocycles. The van der Waals surface area contributed by atoms with E-state index in [2.05, 4.69) is 0 Å². The molecule has 4 heterocycles. The van der Waals surface area contributed by atoms with Gasteiger partial charge in [-0.25, -0.2) is 0 Å². The van der Waals surface area contributed by atoms with Crippen LogP contribution in [0.4, 0.5) is 5.69 Å². The number of aliphatic hydroxyl groups is 1. The summed E-state index contributed by atoms with van der Waals surface area (Å²) >= 11 is 6.59. The maximum absolute atomic E-state index is 14.5. The van der Waals surface area contributed by atoms with E-state index in [-0.39, 0.29) is 31.6 Å². The number of rotatable bonds is 7. The maximum Gasteiger partial charge on any atom is 0.313 e. The second-order valence-electron chi connectivity index (χ2n) is 10.8. The van der Waals surface area contributed by atoms with Gasteiger partial charge in [-0.3, -0.25) is 14.4 Å². The fourth-order valence-corrected chi connectivity index (χ4v) is 6.96. The predicted octanol–water partition coefficient (Wildman–Crippen LogP) is 3.58. The van der Waals surface area contributed by atoms with Gasteiger partial charge in [-0.1, -0.05) is 60.9 Å². The Kier molecular flexibility index (Phi) is 7.42. The van der Waals surface area contributed by atoms with Crippen molar-refractivity contribution in [3.05, 3.63) is 53.1 Å². The highest BCUT2D eigenvalue weighted by atomic mass is 35.5. The third-order valence-electron chi connectivity index (χ3n) is 8.29. The van der Waals surface area contributed by atoms with Gasteiger partial charge in [-0.2, -0.15) is 0 Å². The summed E-state index contributed by atoms with van der Waals surface area (Å²) < 4.78 is 12.3. The van der Waals surface area contributed by atoms with Gasteiger partial charge in [0.15, 0.2) is 0 Å². The minimum Gasteiger partial charge on any atom is -0.465 e. The normalized spacial score (nSPS) is 32.4. The number of nitrogens with zero attached hydrogens (tertiary/aromatic N) is 2. The molecule has 5 atom stereocenters. The molecule has 2 fully saturated rings. The van der Waals surface area contributed by atoms with Crippen molar-refractivity contribution in [3.63, 3.8) is 0 Å². The van der Waals surface area contributed by atoms with Crippen LogP contribution in [0.15, 0.2) is 42.5 Å². The van der Waals surface area contributed by atoms with Crippen LogP contribution in [0, 0.1) is 18.8 Å². The predicted molar refractivity (Wildman–Crippen MR) is 143 cm³/mol. The number of hydrogen-bond donors (Lipinski definition) is 1. The topological polar surface area (TPSA) is 96.4 Å². The number of aliphatic hydroxyl groups excluding tert-OH is 1. The molecule has 2 amide bonds. The molecular weight excluding hydrogens is 508 g/mol. The van der Waals surface area contributed by atoms with E-state index in [1.807, 2.05) is 43.4 Å². The SMILES string of the molecule is Cc1cccc(Cl)c1N1CC=C[C@]23O[C@@]4(C)C=CCCOC(=O)[C@H]4[C@H]2C(=O)N(CCCCCCO)C3C1=O. The van der Waals surface area contributed by atoms with Gasteiger partial charge < -0.3 is 24.4 Å². The fraction of sp³-hybridized carbons (Fsp3) is 0.552. The number of fused-ring (bicyclic) bond motifs is 2. The second-order valence-corrected chi connectivity index (χ2v) is 11.2. The van der Waals surface area contributed by atoms with E-state index < -0.39 is 35.0 Å². The molecule has 4 aliphatic rings. The number of carbonyl (C=O) groups excluding carboxylic acids is 3. The van der Waals surface area contributed by atoms with Crippen molar-refractivity contribution < 1.29 is 29.0 Å². The van der Waals surface area contributed by atoms with Crippen LogP contribution in [0.2, 0.25) is 5.02 Å². The molecule has 38 heavy (non-hydrogen) atoms. The maximum atomic E-state index is 14.5. The number of halogens is 1. The Morgan fingerprint density at radius 1 is 1.05 bits per heavy atom. The van der Waals surface area contributed by atoms with E-state index in [0.29, 0.717) is 36.5 Å². The summed E-state index contributed by atoms with van der Waals surface area (Å²) in [7, 11) is 0. The first kappa shape index (κ1) is 26.9. The van der Waals surface area contributed by atoms with Gasteiger partial charge in [-0.05, 0) is 44.7 Å². The summed E-state index contributed by atoms with van der Waals surface area (Å²) in [4.78, 5) is 45.2. The summed E-state index contributed by atoms with van der Waals surface area (Å²) in [5, 5.41) is 9.58. The molecule has 5 rings (SSSR count). The Hall–Kier alpha value is -2.68. The number of unbranched alkanes of at least 4 members (excludes halogenated alkanes) is 3. The summed E-state index contributed by atoms with van der Waals surface area (Å²) in [6, 6.07) is 4.52. The van der Waals surface area contributed by atoms with Crippen LogP contribution in [0.3, 0.4) is 0 Å². The van der Waals surface area contributed by atoms with E-state index in [4.69, 9.17) is 26.2 Å². The molecule has 0 saturated carbocycles. The number of likely N-dealkylation sites (tertiary alicyclic amines) is 1. The summed E-state index contributed by atoms with van der Waals surface area (Å²) in [6.45, 7) is 4.67. The van der Waals surface area contributed by atoms with Crippen LogP contribution in [0.5, 0.6) is 0 Å². The van der Waals surface area contributed by atoms with Crippen LogP contribution < -0.4 is 4.90 Å². The number of esters is 1. The van der Waals surface area contributed by atoms with E-state index in [1.165, 1.54) is 0 Å². The Morgan fingerprint density at radius 3 is 2.61 bits per heavy atom. The van der Waals surface area contributed by atoms with Gasteiger partial charge in [-0.15, -0.1) is 0 Å². The van der Waals surface area contributed by atoms with Crippen molar-refractivity contribution in [2.75, 3.05) is 31.2 Å². The number of aryl methyl sites for hydroxylation is 1. The first-order chi connectivity index (χ1) is 18.2. The van der Waals surface area contributed by atoms with Crippen LogP contribution in [0.1, 0.15) is 44.6 Å². The number of anilines is 1. The van der Waals surface area contributed by atoms with E-state index in [1.54, 1.807) is 22.8 Å². The highest BCUT2D eigenvalue weighted by Gasteiger charge is 2.74. The van der Waals surface area contributed by atoms with Crippen molar-refractivity contribution in [3.8, 4) is 0 Å². The smallest absolute Gasteiger partial charge is 0.313 e. The molecule has 1 unspecified atom stereocenters. The van der Waals surface area contributed by atoms with E-state index in [0.717, 1.165) is 18.4 Å². The fourth-order valence-electron chi connectivity index (χ4n) is 6.64. The summed E-state index contributed by atoms with van der Waals surface area (Å²) in [6.07, 6.45) is 11.0. The lowest BCUT2D eigenvalue weighted by Crippen LogP contribution is -2.56. The van der Waals surface area contributed by atoms with Gasteiger partial charge in [0.2, 0.25) is 5.91 Å². The van der Waals surface area contributed by atoms with Gasteiger partial charge in [0.1, 0.15) is 17.6 Å². The first-order valence-corrected chi connectivity index (χ1v) is 13.8. The number of cyclic esters (lactones) is 1. The lowest BCUT2D eigenvalue weighted by atomic mass is 9.74. The van der Waals surface area contributed by atoms with Crippen molar-refractivity contribution in [1.29, 1.82) is 0 Å². The Morgan fingerprint density at radius 2 is 1.84 bits per heavy atom. The molecular formula is C29H35ClN2O6. The third-order valence-corrected chi connectivity index (χ3v) is 8.59. The minimum atomic E-state index is -1.32. The molecule has 1 spiro atoms. The molecule has 8 nitrogen and oxygen atoms in total. The quantitative estimate of drug-likeness (QED) is 0.321. The second kappa shape index (κ2) is 10.5. The number of ether oxygens (including phenoxy) is 2. The average Bonchev–Trinajstić information content (AvgIpc) is 3.18. The first-order valence-electron chi connectivity index (χ1n) is 13.5. The molecule has 9 heteroatoms. The van der Waals surface area contributed by atoms with Crippen molar-refractivity contribution in [2.45, 2.75) is 63.2 Å². The molecule has 0 aliphatic carbocycles. The third kappa shape index (κ3) is 4.27. The molecule has 0 radical (unpaired) electrons. The standard InChI is InChI=1S/C29H35ClN2O6/c1-19-11-9-12-20(30)23(19)31-16-10-14-29-21(22-27(36)37-18-8-5-13-28(22,2)38-29)25(34)32(24(29)26(31)35)15-6-3-4-7-17-33/h5,9-14,21-22,24,33H,3-4,6-8,15-18H2,1-2H3/t21-,22+,24?,28-,29-/m0/s1. The van der Waals surface area contributed by atoms with Crippen LogP contribution in [-0.4, -0.2) is 71.3 Å². The molecule has 2 saturated heterocycles. The molecule has 204 valence electrons. The average molecular weight is 543 g/mol.